The lowest BCUT2D eigenvalue weighted by Gasteiger charge is -2.26. The van der Waals surface area contributed by atoms with E-state index in [0.29, 0.717) is 38.0 Å². The minimum atomic E-state index is -0.833. The van der Waals surface area contributed by atoms with Crippen LogP contribution < -0.4 is 5.32 Å². The lowest BCUT2D eigenvalue weighted by Crippen LogP contribution is -2.41. The Labute approximate surface area is 157 Å². The van der Waals surface area contributed by atoms with Gasteiger partial charge in [0.1, 0.15) is 5.82 Å². The summed E-state index contributed by atoms with van der Waals surface area (Å²) in [6.07, 6.45) is 2.33. The number of ether oxygens (including phenoxy) is 1. The number of carboxylic acids is 1. The van der Waals surface area contributed by atoms with E-state index in [9.17, 15) is 4.79 Å². The minimum absolute atomic E-state index is 0.150. The van der Waals surface area contributed by atoms with Crippen molar-refractivity contribution in [3.05, 3.63) is 5.82 Å². The fraction of sp³-hybridized carbons (Fsp3) is 0.750. The lowest BCUT2D eigenvalue weighted by atomic mass is 9.99. The number of aliphatic carboxylic acids is 1. The van der Waals surface area contributed by atoms with Gasteiger partial charge >= 0.3 is 0 Å². The maximum Gasteiger partial charge on any atom is 0.300 e. The van der Waals surface area contributed by atoms with E-state index in [1.165, 1.54) is 18.2 Å². The molecule has 2 fully saturated rings. The smallest absolute Gasteiger partial charge is 0.300 e. The Morgan fingerprint density at radius 2 is 2.04 bits per heavy atom. The summed E-state index contributed by atoms with van der Waals surface area (Å²) in [5.74, 6) is 1.18. The third kappa shape index (κ3) is 6.26. The van der Waals surface area contributed by atoms with E-state index >= 15 is 0 Å². The van der Waals surface area contributed by atoms with Crippen LogP contribution in [0.3, 0.4) is 0 Å². The Bertz CT molecular complexity index is 593. The number of piperidine rings is 1. The summed E-state index contributed by atoms with van der Waals surface area (Å²) in [6.45, 7) is 5.79. The van der Waals surface area contributed by atoms with Crippen molar-refractivity contribution < 1.29 is 19.4 Å². The van der Waals surface area contributed by atoms with Crippen molar-refractivity contribution in [1.82, 2.24) is 25.0 Å². The van der Waals surface area contributed by atoms with Gasteiger partial charge in [-0.2, -0.15) is 0 Å². The number of nitrogens with one attached hydrogen (secondary N) is 1. The average Bonchev–Trinajstić information content (AvgIpc) is 3.01. The molecule has 2 saturated heterocycles. The highest BCUT2D eigenvalue weighted by Gasteiger charge is 2.23. The summed E-state index contributed by atoms with van der Waals surface area (Å²) >= 11 is 1.47. The van der Waals surface area contributed by atoms with Crippen LogP contribution in [0.2, 0.25) is 0 Å². The summed E-state index contributed by atoms with van der Waals surface area (Å²) in [4.78, 5) is 23.0. The van der Waals surface area contributed by atoms with E-state index < -0.39 is 5.97 Å². The first-order valence-corrected chi connectivity index (χ1v) is 9.75. The number of hydrogen-bond acceptors (Lipinski definition) is 7. The first kappa shape index (κ1) is 20.7. The summed E-state index contributed by atoms with van der Waals surface area (Å²) in [6, 6.07) is 0. The van der Waals surface area contributed by atoms with Crippen LogP contribution in [0.5, 0.6) is 0 Å². The quantitative estimate of drug-likeness (QED) is 0.714. The topological polar surface area (TPSA) is 110 Å². The number of amides is 1. The molecule has 3 heterocycles. The maximum atomic E-state index is 12.2. The number of thioether (sulfide) groups is 1. The molecule has 146 valence electrons. The minimum Gasteiger partial charge on any atom is -0.481 e. The molecule has 10 heteroatoms. The van der Waals surface area contributed by atoms with E-state index in [-0.39, 0.29) is 5.91 Å². The van der Waals surface area contributed by atoms with Gasteiger partial charge in [0.15, 0.2) is 5.16 Å². The van der Waals surface area contributed by atoms with Crippen LogP contribution in [0, 0.1) is 0 Å². The molecule has 1 amide bonds. The molecule has 0 saturated carbocycles. The number of nitrogens with zero attached hydrogens (tertiary/aromatic N) is 4. The molecule has 0 radical (unpaired) electrons. The average molecular weight is 385 g/mol. The van der Waals surface area contributed by atoms with Gasteiger partial charge in [0.05, 0.1) is 19.0 Å². The molecule has 0 aliphatic carbocycles. The number of morpholine rings is 1. The number of carbonyl (C=O) groups is 2. The molecule has 1 atom stereocenters. The first-order valence-electron chi connectivity index (χ1n) is 8.77. The highest BCUT2D eigenvalue weighted by molar-refractivity contribution is 7.99. The van der Waals surface area contributed by atoms with Crippen LogP contribution in [-0.2, 0) is 21.4 Å². The fourth-order valence-electron chi connectivity index (χ4n) is 2.91. The summed E-state index contributed by atoms with van der Waals surface area (Å²) in [7, 11) is 1.99. The van der Waals surface area contributed by atoms with Gasteiger partial charge in [-0.15, -0.1) is 10.2 Å². The predicted molar refractivity (Wildman–Crippen MR) is 97.3 cm³/mol. The number of carboxylic acid groups (broad SMARTS) is 1. The van der Waals surface area contributed by atoms with E-state index in [1.807, 2.05) is 16.5 Å². The van der Waals surface area contributed by atoms with Gasteiger partial charge in [0.25, 0.3) is 5.97 Å². The van der Waals surface area contributed by atoms with Crippen molar-refractivity contribution in [2.75, 3.05) is 45.1 Å². The van der Waals surface area contributed by atoms with Crippen LogP contribution in [0.25, 0.3) is 0 Å². The molecular formula is C16H27N5O4S. The van der Waals surface area contributed by atoms with Gasteiger partial charge in [-0.25, -0.2) is 0 Å². The molecule has 1 aromatic heterocycles. The number of aromatic nitrogens is 3. The zero-order valence-electron chi connectivity index (χ0n) is 15.3. The molecule has 26 heavy (non-hydrogen) atoms. The van der Waals surface area contributed by atoms with Gasteiger partial charge in [0.2, 0.25) is 5.91 Å². The van der Waals surface area contributed by atoms with Gasteiger partial charge in [0, 0.05) is 39.5 Å². The van der Waals surface area contributed by atoms with Gasteiger partial charge < -0.3 is 24.6 Å². The first-order chi connectivity index (χ1) is 12.5. The van der Waals surface area contributed by atoms with Gasteiger partial charge in [-0.05, 0) is 19.4 Å². The number of hydrogen-bond donors (Lipinski definition) is 2. The molecule has 2 aliphatic heterocycles. The lowest BCUT2D eigenvalue weighted by molar-refractivity contribution is -0.134. The molecule has 0 spiro atoms. The number of rotatable bonds is 4. The van der Waals surface area contributed by atoms with Crippen molar-refractivity contribution in [2.24, 2.45) is 7.05 Å². The second-order valence-electron chi connectivity index (χ2n) is 6.24. The highest BCUT2D eigenvalue weighted by Crippen LogP contribution is 2.25. The van der Waals surface area contributed by atoms with E-state index in [2.05, 4.69) is 15.5 Å². The predicted octanol–water partition coefficient (Wildman–Crippen LogP) is 0.324. The third-order valence-corrected chi connectivity index (χ3v) is 5.22. The monoisotopic (exact) mass is 385 g/mol. The Kier molecular flexibility index (Phi) is 8.33. The Balaban J connectivity index is 0.000000552. The third-order valence-electron chi connectivity index (χ3n) is 4.22. The zero-order valence-corrected chi connectivity index (χ0v) is 16.1. The molecule has 3 rings (SSSR count). The largest absolute Gasteiger partial charge is 0.481 e. The van der Waals surface area contributed by atoms with Crippen LogP contribution >= 0.6 is 11.8 Å². The molecule has 2 aliphatic rings. The standard InChI is InChI=1S/C14H23N5O2S.C2H4O2/c1-18-13(11-3-2-4-15-9-11)16-17-14(18)22-10-12(20)19-5-7-21-8-6-19;1-2(3)4/h11,15H,2-10H2,1H3;1H3,(H,3,4). The van der Waals surface area contributed by atoms with Gasteiger partial charge in [-0.3, -0.25) is 9.59 Å². The summed E-state index contributed by atoms with van der Waals surface area (Å²) in [5.41, 5.74) is 0. The molecule has 9 nitrogen and oxygen atoms in total. The van der Waals surface area contributed by atoms with Crippen LogP contribution in [0.1, 0.15) is 31.5 Å². The molecular weight excluding hydrogens is 358 g/mol. The van der Waals surface area contributed by atoms with Crippen molar-refractivity contribution >= 4 is 23.6 Å². The van der Waals surface area contributed by atoms with Crippen molar-refractivity contribution in [1.29, 1.82) is 0 Å². The fourth-order valence-corrected chi connectivity index (χ4v) is 3.73. The van der Waals surface area contributed by atoms with Gasteiger partial charge in [-0.1, -0.05) is 11.8 Å². The number of carbonyl (C=O) groups excluding carboxylic acids is 1. The second-order valence-corrected chi connectivity index (χ2v) is 7.19. The molecule has 2 N–H and O–H groups in total. The molecule has 1 unspecified atom stereocenters. The zero-order chi connectivity index (χ0) is 18.9. The van der Waals surface area contributed by atoms with Crippen LogP contribution in [0.4, 0.5) is 0 Å². The van der Waals surface area contributed by atoms with E-state index in [0.717, 1.165) is 37.4 Å². The van der Waals surface area contributed by atoms with Crippen LogP contribution in [-0.4, -0.2) is 81.8 Å². The van der Waals surface area contributed by atoms with Crippen molar-refractivity contribution in [3.8, 4) is 0 Å². The molecule has 1 aromatic rings. The SMILES string of the molecule is CC(=O)O.Cn1c(SCC(=O)N2CCOCC2)nnc1C1CCCNC1. The summed E-state index contributed by atoms with van der Waals surface area (Å²) in [5, 5.41) is 20.2. The molecule has 0 bridgehead atoms. The van der Waals surface area contributed by atoms with E-state index in [1.54, 1.807) is 0 Å². The Morgan fingerprint density at radius 1 is 1.35 bits per heavy atom. The Morgan fingerprint density at radius 3 is 2.65 bits per heavy atom. The molecule has 0 aromatic carbocycles. The highest BCUT2D eigenvalue weighted by atomic mass is 32.2. The maximum absolute atomic E-state index is 12.2. The van der Waals surface area contributed by atoms with E-state index in [4.69, 9.17) is 14.6 Å². The second kappa shape index (κ2) is 10.5. The van der Waals surface area contributed by atoms with Crippen molar-refractivity contribution in [3.63, 3.8) is 0 Å². The Hall–Kier alpha value is -1.65. The summed E-state index contributed by atoms with van der Waals surface area (Å²) < 4.78 is 7.31. The van der Waals surface area contributed by atoms with Crippen molar-refractivity contribution in [2.45, 2.75) is 30.8 Å². The normalized spacial score (nSPS) is 20.2. The van der Waals surface area contributed by atoms with Crippen LogP contribution in [0.15, 0.2) is 5.16 Å².